The molecule has 0 saturated carbocycles. The standard InChI is InChI=1S/C20H23N5O2S/c26-18(12-17-15-25-10-11-28-20(25)22-17)21-13-19(27)24-8-6-23(7-9-24)14-16-4-2-1-3-5-16/h1-5,10-11,15H,6-9,12-14H2,(H,21,26). The van der Waals surface area contributed by atoms with Crippen molar-refractivity contribution in [2.75, 3.05) is 32.7 Å². The van der Waals surface area contributed by atoms with E-state index in [2.05, 4.69) is 27.3 Å². The number of benzene rings is 1. The van der Waals surface area contributed by atoms with Crippen LogP contribution in [-0.2, 0) is 22.6 Å². The van der Waals surface area contributed by atoms with E-state index in [1.807, 2.05) is 45.3 Å². The average molecular weight is 398 g/mol. The fourth-order valence-electron chi connectivity index (χ4n) is 3.37. The van der Waals surface area contributed by atoms with E-state index >= 15 is 0 Å². The Morgan fingerprint density at radius 3 is 2.64 bits per heavy atom. The van der Waals surface area contributed by atoms with Crippen molar-refractivity contribution in [3.63, 3.8) is 0 Å². The highest BCUT2D eigenvalue weighted by atomic mass is 32.1. The first-order valence-electron chi connectivity index (χ1n) is 9.39. The molecular weight excluding hydrogens is 374 g/mol. The average Bonchev–Trinajstić information content (AvgIpc) is 3.29. The van der Waals surface area contributed by atoms with Crippen LogP contribution >= 0.6 is 11.3 Å². The van der Waals surface area contributed by atoms with Crippen LogP contribution in [0.4, 0.5) is 0 Å². The van der Waals surface area contributed by atoms with Gasteiger partial charge >= 0.3 is 0 Å². The smallest absolute Gasteiger partial charge is 0.242 e. The Kier molecular flexibility index (Phi) is 5.68. The van der Waals surface area contributed by atoms with Crippen LogP contribution in [0.3, 0.4) is 0 Å². The summed E-state index contributed by atoms with van der Waals surface area (Å²) in [7, 11) is 0. The third-order valence-electron chi connectivity index (χ3n) is 4.90. The number of thiazole rings is 1. The molecule has 1 saturated heterocycles. The van der Waals surface area contributed by atoms with E-state index in [4.69, 9.17) is 0 Å². The first-order chi connectivity index (χ1) is 13.7. The summed E-state index contributed by atoms with van der Waals surface area (Å²) in [6.07, 6.45) is 3.95. The zero-order valence-corrected chi connectivity index (χ0v) is 16.4. The zero-order valence-electron chi connectivity index (χ0n) is 15.6. The Bertz CT molecular complexity index is 915. The van der Waals surface area contributed by atoms with Crippen LogP contribution < -0.4 is 5.32 Å². The molecule has 3 aromatic rings. The van der Waals surface area contributed by atoms with Gasteiger partial charge in [0.25, 0.3) is 0 Å². The van der Waals surface area contributed by atoms with Crippen molar-refractivity contribution in [3.05, 3.63) is 59.4 Å². The molecule has 1 N–H and O–H groups in total. The minimum Gasteiger partial charge on any atom is -0.347 e. The molecule has 0 radical (unpaired) electrons. The number of imidazole rings is 1. The zero-order chi connectivity index (χ0) is 19.3. The lowest BCUT2D eigenvalue weighted by Crippen LogP contribution is -2.50. The monoisotopic (exact) mass is 397 g/mol. The number of aromatic nitrogens is 2. The van der Waals surface area contributed by atoms with Gasteiger partial charge in [0.15, 0.2) is 4.96 Å². The number of fused-ring (bicyclic) bond motifs is 1. The summed E-state index contributed by atoms with van der Waals surface area (Å²) in [6, 6.07) is 10.4. The Morgan fingerprint density at radius 2 is 1.89 bits per heavy atom. The van der Waals surface area contributed by atoms with Crippen molar-refractivity contribution in [3.8, 4) is 0 Å². The Labute approximate surface area is 167 Å². The second-order valence-electron chi connectivity index (χ2n) is 6.92. The maximum absolute atomic E-state index is 12.4. The number of hydrogen-bond donors (Lipinski definition) is 1. The van der Waals surface area contributed by atoms with Crippen LogP contribution in [0.15, 0.2) is 48.1 Å². The molecule has 0 atom stereocenters. The number of nitrogens with one attached hydrogen (secondary N) is 1. The van der Waals surface area contributed by atoms with E-state index in [0.717, 1.165) is 24.6 Å². The second kappa shape index (κ2) is 8.53. The van der Waals surface area contributed by atoms with Crippen molar-refractivity contribution in [1.82, 2.24) is 24.5 Å². The predicted octanol–water partition coefficient (Wildman–Crippen LogP) is 1.40. The highest BCUT2D eigenvalue weighted by Gasteiger charge is 2.21. The van der Waals surface area contributed by atoms with Gasteiger partial charge in [0, 0.05) is 50.5 Å². The van der Waals surface area contributed by atoms with E-state index in [9.17, 15) is 9.59 Å². The van der Waals surface area contributed by atoms with Crippen LogP contribution in [0.5, 0.6) is 0 Å². The highest BCUT2D eigenvalue weighted by Crippen LogP contribution is 2.12. The van der Waals surface area contributed by atoms with E-state index in [1.165, 1.54) is 16.9 Å². The Morgan fingerprint density at radius 1 is 1.11 bits per heavy atom. The van der Waals surface area contributed by atoms with Crippen molar-refractivity contribution >= 4 is 28.1 Å². The van der Waals surface area contributed by atoms with Gasteiger partial charge in [-0.25, -0.2) is 4.98 Å². The molecule has 3 heterocycles. The van der Waals surface area contributed by atoms with Crippen molar-refractivity contribution in [1.29, 1.82) is 0 Å². The molecule has 2 amide bonds. The predicted molar refractivity (Wildman–Crippen MR) is 108 cm³/mol. The van der Waals surface area contributed by atoms with Gasteiger partial charge in [-0.05, 0) is 5.56 Å². The summed E-state index contributed by atoms with van der Waals surface area (Å²) in [6.45, 7) is 4.03. The molecule has 7 nitrogen and oxygen atoms in total. The molecule has 1 aliphatic heterocycles. The van der Waals surface area contributed by atoms with Gasteiger partial charge in [-0.3, -0.25) is 18.9 Å². The molecule has 8 heteroatoms. The van der Waals surface area contributed by atoms with E-state index < -0.39 is 0 Å². The number of piperazine rings is 1. The first-order valence-corrected chi connectivity index (χ1v) is 10.3. The molecule has 4 rings (SSSR count). The topological polar surface area (TPSA) is 70.0 Å². The van der Waals surface area contributed by atoms with E-state index in [-0.39, 0.29) is 24.8 Å². The van der Waals surface area contributed by atoms with Crippen molar-refractivity contribution in [2.24, 2.45) is 0 Å². The molecule has 0 bridgehead atoms. The molecule has 28 heavy (non-hydrogen) atoms. The molecule has 1 aliphatic rings. The highest BCUT2D eigenvalue weighted by molar-refractivity contribution is 7.15. The fraction of sp³-hybridized carbons (Fsp3) is 0.350. The summed E-state index contributed by atoms with van der Waals surface area (Å²) in [4.78, 5) is 33.9. The number of carbonyl (C=O) groups excluding carboxylic acids is 2. The van der Waals surface area contributed by atoms with E-state index in [1.54, 1.807) is 0 Å². The molecule has 1 aromatic carbocycles. The molecule has 1 fully saturated rings. The largest absolute Gasteiger partial charge is 0.347 e. The Balaban J connectivity index is 1.19. The summed E-state index contributed by atoms with van der Waals surface area (Å²) in [5.74, 6) is -0.208. The molecular formula is C20H23N5O2S. The summed E-state index contributed by atoms with van der Waals surface area (Å²) in [5, 5.41) is 4.68. The van der Waals surface area contributed by atoms with E-state index in [0.29, 0.717) is 18.8 Å². The van der Waals surface area contributed by atoms with Crippen LogP contribution in [0.25, 0.3) is 4.96 Å². The van der Waals surface area contributed by atoms with Gasteiger partial charge in [-0.1, -0.05) is 30.3 Å². The third kappa shape index (κ3) is 4.58. The maximum atomic E-state index is 12.4. The van der Waals surface area contributed by atoms with Crippen LogP contribution in [0, 0.1) is 0 Å². The quantitative estimate of drug-likeness (QED) is 0.683. The van der Waals surface area contributed by atoms with Crippen LogP contribution in [-0.4, -0.2) is 63.7 Å². The molecule has 0 aliphatic carbocycles. The lowest BCUT2D eigenvalue weighted by Gasteiger charge is -2.34. The van der Waals surface area contributed by atoms with Crippen LogP contribution in [0.2, 0.25) is 0 Å². The second-order valence-corrected chi connectivity index (χ2v) is 7.79. The van der Waals surface area contributed by atoms with Gasteiger partial charge in [-0.15, -0.1) is 11.3 Å². The maximum Gasteiger partial charge on any atom is 0.242 e. The van der Waals surface area contributed by atoms with Gasteiger partial charge in [0.1, 0.15) is 0 Å². The van der Waals surface area contributed by atoms with Gasteiger partial charge in [-0.2, -0.15) is 0 Å². The van der Waals surface area contributed by atoms with Crippen molar-refractivity contribution < 1.29 is 9.59 Å². The van der Waals surface area contributed by atoms with Crippen LogP contribution in [0.1, 0.15) is 11.3 Å². The van der Waals surface area contributed by atoms with Crippen molar-refractivity contribution in [2.45, 2.75) is 13.0 Å². The van der Waals surface area contributed by atoms with Gasteiger partial charge < -0.3 is 10.2 Å². The lowest BCUT2D eigenvalue weighted by atomic mass is 10.2. The Hall–Kier alpha value is -2.71. The molecule has 146 valence electrons. The number of amides is 2. The van der Waals surface area contributed by atoms with Gasteiger partial charge in [0.05, 0.1) is 18.7 Å². The summed E-state index contributed by atoms with van der Waals surface area (Å²) < 4.78 is 1.90. The van der Waals surface area contributed by atoms with Gasteiger partial charge in [0.2, 0.25) is 11.8 Å². The summed E-state index contributed by atoms with van der Waals surface area (Å²) >= 11 is 1.53. The third-order valence-corrected chi connectivity index (χ3v) is 5.67. The summed E-state index contributed by atoms with van der Waals surface area (Å²) in [5.41, 5.74) is 2.00. The molecule has 0 unspecified atom stereocenters. The number of nitrogens with zero attached hydrogens (tertiary/aromatic N) is 4. The fourth-order valence-corrected chi connectivity index (χ4v) is 4.09. The lowest BCUT2D eigenvalue weighted by molar-refractivity contribution is -0.134. The molecule has 2 aromatic heterocycles. The molecule has 0 spiro atoms. The minimum atomic E-state index is -0.179. The minimum absolute atomic E-state index is 0.0291. The SMILES string of the molecule is O=C(Cc1cn2ccsc2n1)NCC(=O)N1CCN(Cc2ccccc2)CC1. The number of hydrogen-bond acceptors (Lipinski definition) is 5. The number of carbonyl (C=O) groups is 2. The normalized spacial score (nSPS) is 15.1. The first kappa shape index (κ1) is 18.6. The number of rotatable bonds is 6.